The number of nitrogens with one attached hydrogen (secondary N) is 2. The van der Waals surface area contributed by atoms with Crippen LogP contribution in [0.5, 0.6) is 5.75 Å². The molecule has 0 atom stereocenters. The Balaban J connectivity index is 2.64. The Morgan fingerprint density at radius 1 is 1.29 bits per heavy atom. The Kier molecular flexibility index (Phi) is 5.53. The standard InChI is InChI=1S/C13H17N3O5/c1-14-11(18)5-6-16(2)13(21)15-8-3-4-9(12(19)20)10(17)7-8/h3-4,7,17H,5-6H2,1-2H3,(H,14,18)(H,15,21)(H,19,20). The molecule has 0 aliphatic heterocycles. The van der Waals surface area contributed by atoms with Gasteiger partial charge in [-0.1, -0.05) is 0 Å². The van der Waals surface area contributed by atoms with E-state index in [-0.39, 0.29) is 30.1 Å². The van der Waals surface area contributed by atoms with E-state index in [1.165, 1.54) is 31.1 Å². The number of aromatic carboxylic acids is 1. The van der Waals surface area contributed by atoms with Gasteiger partial charge in [-0.25, -0.2) is 9.59 Å². The number of carboxylic acid groups (broad SMARTS) is 1. The quantitative estimate of drug-likeness (QED) is 0.637. The van der Waals surface area contributed by atoms with Crippen LogP contribution in [-0.4, -0.2) is 53.7 Å². The molecule has 1 rings (SSSR count). The third kappa shape index (κ3) is 4.68. The Morgan fingerprint density at radius 2 is 1.95 bits per heavy atom. The summed E-state index contributed by atoms with van der Waals surface area (Å²) in [5.74, 6) is -1.88. The highest BCUT2D eigenvalue weighted by Gasteiger charge is 2.13. The van der Waals surface area contributed by atoms with Crippen molar-refractivity contribution in [2.45, 2.75) is 6.42 Å². The summed E-state index contributed by atoms with van der Waals surface area (Å²) in [5.41, 5.74) is 0.00950. The van der Waals surface area contributed by atoms with Gasteiger partial charge >= 0.3 is 12.0 Å². The Hall–Kier alpha value is -2.77. The van der Waals surface area contributed by atoms with E-state index in [0.29, 0.717) is 0 Å². The molecule has 3 amide bonds. The third-order valence-electron chi connectivity index (χ3n) is 2.78. The van der Waals surface area contributed by atoms with Crippen LogP contribution in [0.15, 0.2) is 18.2 Å². The van der Waals surface area contributed by atoms with Crippen molar-refractivity contribution >= 4 is 23.6 Å². The summed E-state index contributed by atoms with van der Waals surface area (Å²) in [7, 11) is 3.03. The van der Waals surface area contributed by atoms with Gasteiger partial charge in [-0.15, -0.1) is 0 Å². The van der Waals surface area contributed by atoms with Gasteiger partial charge in [0.2, 0.25) is 5.91 Å². The average Bonchev–Trinajstić information content (AvgIpc) is 2.43. The smallest absolute Gasteiger partial charge is 0.339 e. The number of urea groups is 1. The van der Waals surface area contributed by atoms with Crippen LogP contribution in [0.2, 0.25) is 0 Å². The number of benzene rings is 1. The number of nitrogens with zero attached hydrogens (tertiary/aromatic N) is 1. The summed E-state index contributed by atoms with van der Waals surface area (Å²) in [6.07, 6.45) is 0.170. The van der Waals surface area contributed by atoms with Crippen molar-refractivity contribution in [3.05, 3.63) is 23.8 Å². The topological polar surface area (TPSA) is 119 Å². The molecule has 4 N–H and O–H groups in total. The van der Waals surface area contributed by atoms with Gasteiger partial charge in [-0.2, -0.15) is 0 Å². The molecule has 0 aliphatic rings. The van der Waals surface area contributed by atoms with Crippen LogP contribution < -0.4 is 10.6 Å². The van der Waals surface area contributed by atoms with E-state index in [9.17, 15) is 19.5 Å². The fourth-order valence-corrected chi connectivity index (χ4v) is 1.50. The van der Waals surface area contributed by atoms with E-state index in [0.717, 1.165) is 6.07 Å². The van der Waals surface area contributed by atoms with Crippen LogP contribution in [0.3, 0.4) is 0 Å². The average molecular weight is 295 g/mol. The number of carbonyl (C=O) groups is 3. The number of rotatable bonds is 5. The lowest BCUT2D eigenvalue weighted by molar-refractivity contribution is -0.120. The summed E-state index contributed by atoms with van der Waals surface area (Å²) in [5, 5.41) is 23.2. The van der Waals surface area contributed by atoms with Gasteiger partial charge in [0, 0.05) is 38.8 Å². The first-order valence-electron chi connectivity index (χ1n) is 6.14. The van der Waals surface area contributed by atoms with Gasteiger partial charge in [-0.3, -0.25) is 4.79 Å². The van der Waals surface area contributed by atoms with Crippen LogP contribution in [0.25, 0.3) is 0 Å². The van der Waals surface area contributed by atoms with Crippen molar-refractivity contribution in [3.8, 4) is 5.75 Å². The van der Waals surface area contributed by atoms with E-state index in [1.54, 1.807) is 0 Å². The molecule has 114 valence electrons. The second-order valence-electron chi connectivity index (χ2n) is 4.31. The Labute approximate surface area is 121 Å². The number of carbonyl (C=O) groups excluding carboxylic acids is 2. The number of carboxylic acids is 1. The Morgan fingerprint density at radius 3 is 2.48 bits per heavy atom. The van der Waals surface area contributed by atoms with Crippen LogP contribution >= 0.6 is 0 Å². The summed E-state index contributed by atoms with van der Waals surface area (Å²) in [6.45, 7) is 0.227. The van der Waals surface area contributed by atoms with Crippen molar-refractivity contribution < 1.29 is 24.6 Å². The normalized spacial score (nSPS) is 9.81. The lowest BCUT2D eigenvalue weighted by Crippen LogP contribution is -2.34. The zero-order valence-corrected chi connectivity index (χ0v) is 11.7. The van der Waals surface area contributed by atoms with E-state index >= 15 is 0 Å². The molecule has 8 heteroatoms. The second kappa shape index (κ2) is 7.13. The molecule has 0 heterocycles. The Bertz CT molecular complexity index is 559. The summed E-state index contributed by atoms with van der Waals surface area (Å²) >= 11 is 0. The molecule has 0 saturated carbocycles. The fraction of sp³-hybridized carbons (Fsp3) is 0.308. The molecular formula is C13H17N3O5. The van der Waals surface area contributed by atoms with Gasteiger partial charge in [0.25, 0.3) is 0 Å². The lowest BCUT2D eigenvalue weighted by Gasteiger charge is -2.17. The van der Waals surface area contributed by atoms with E-state index in [4.69, 9.17) is 5.11 Å². The molecule has 0 bridgehead atoms. The van der Waals surface area contributed by atoms with E-state index in [2.05, 4.69) is 10.6 Å². The minimum absolute atomic E-state index is 0.170. The highest BCUT2D eigenvalue weighted by Crippen LogP contribution is 2.22. The van der Waals surface area contributed by atoms with Crippen molar-refractivity contribution in [3.63, 3.8) is 0 Å². The highest BCUT2D eigenvalue weighted by molar-refractivity contribution is 5.94. The zero-order chi connectivity index (χ0) is 16.0. The lowest BCUT2D eigenvalue weighted by atomic mass is 10.2. The highest BCUT2D eigenvalue weighted by atomic mass is 16.4. The van der Waals surface area contributed by atoms with Gasteiger partial charge in [0.1, 0.15) is 11.3 Å². The minimum Gasteiger partial charge on any atom is -0.507 e. The molecule has 0 spiro atoms. The first-order valence-corrected chi connectivity index (χ1v) is 6.14. The van der Waals surface area contributed by atoms with Gasteiger partial charge in [0.05, 0.1) is 0 Å². The van der Waals surface area contributed by atoms with Gasteiger partial charge in [0.15, 0.2) is 0 Å². The fourth-order valence-electron chi connectivity index (χ4n) is 1.50. The largest absolute Gasteiger partial charge is 0.507 e. The molecule has 0 fully saturated rings. The molecule has 1 aromatic carbocycles. The minimum atomic E-state index is -1.26. The van der Waals surface area contributed by atoms with Crippen molar-refractivity contribution in [2.24, 2.45) is 0 Å². The molecule has 21 heavy (non-hydrogen) atoms. The summed E-state index contributed by atoms with van der Waals surface area (Å²) in [4.78, 5) is 35.0. The first kappa shape index (κ1) is 16.3. The van der Waals surface area contributed by atoms with Crippen LogP contribution in [0, 0.1) is 0 Å². The number of phenols is 1. The third-order valence-corrected chi connectivity index (χ3v) is 2.78. The maximum atomic E-state index is 11.8. The molecule has 8 nitrogen and oxygen atoms in total. The monoisotopic (exact) mass is 295 g/mol. The maximum Gasteiger partial charge on any atom is 0.339 e. The molecule has 0 unspecified atom stereocenters. The molecule has 0 aromatic heterocycles. The van der Waals surface area contributed by atoms with Gasteiger partial charge < -0.3 is 25.7 Å². The zero-order valence-electron chi connectivity index (χ0n) is 11.7. The molecule has 1 aromatic rings. The maximum absolute atomic E-state index is 11.8. The molecule has 0 radical (unpaired) electrons. The van der Waals surface area contributed by atoms with Crippen molar-refractivity contribution in [1.82, 2.24) is 10.2 Å². The second-order valence-corrected chi connectivity index (χ2v) is 4.31. The number of amides is 3. The van der Waals surface area contributed by atoms with Crippen LogP contribution in [-0.2, 0) is 4.79 Å². The van der Waals surface area contributed by atoms with Crippen molar-refractivity contribution in [2.75, 3.05) is 26.0 Å². The summed E-state index contributed by atoms with van der Waals surface area (Å²) < 4.78 is 0. The number of aromatic hydroxyl groups is 1. The molecular weight excluding hydrogens is 278 g/mol. The van der Waals surface area contributed by atoms with E-state index < -0.39 is 17.7 Å². The van der Waals surface area contributed by atoms with Crippen molar-refractivity contribution in [1.29, 1.82) is 0 Å². The molecule has 0 saturated heterocycles. The number of hydrogen-bond acceptors (Lipinski definition) is 4. The van der Waals surface area contributed by atoms with Gasteiger partial charge in [-0.05, 0) is 12.1 Å². The summed E-state index contributed by atoms with van der Waals surface area (Å²) in [6, 6.07) is 3.24. The predicted molar refractivity (Wildman–Crippen MR) is 75.4 cm³/mol. The predicted octanol–water partition coefficient (Wildman–Crippen LogP) is 0.690. The SMILES string of the molecule is CNC(=O)CCN(C)C(=O)Nc1ccc(C(=O)O)c(O)c1. The molecule has 0 aliphatic carbocycles. The number of anilines is 1. The number of hydrogen-bond donors (Lipinski definition) is 4. The first-order chi connectivity index (χ1) is 9.85. The van der Waals surface area contributed by atoms with Crippen LogP contribution in [0.4, 0.5) is 10.5 Å². The van der Waals surface area contributed by atoms with Crippen LogP contribution in [0.1, 0.15) is 16.8 Å². The van der Waals surface area contributed by atoms with E-state index in [1.807, 2.05) is 0 Å².